The van der Waals surface area contributed by atoms with E-state index in [9.17, 15) is 17.6 Å². The molecular formula is C17H19FN2O3S2. The number of aryl methyl sites for hydroxylation is 2. The first kappa shape index (κ1) is 18.0. The van der Waals surface area contributed by atoms with Gasteiger partial charge in [-0.15, -0.1) is 11.3 Å². The summed E-state index contributed by atoms with van der Waals surface area (Å²) < 4.78 is 40.9. The molecular weight excluding hydrogens is 363 g/mol. The molecule has 0 bridgehead atoms. The van der Waals surface area contributed by atoms with Crippen molar-refractivity contribution in [2.24, 2.45) is 0 Å². The summed E-state index contributed by atoms with van der Waals surface area (Å²) >= 11 is 0.996. The minimum Gasteiger partial charge on any atom is -0.267 e. The van der Waals surface area contributed by atoms with E-state index in [4.69, 9.17) is 0 Å². The molecule has 8 heteroatoms. The van der Waals surface area contributed by atoms with Gasteiger partial charge in [0.05, 0.1) is 10.9 Å². The highest BCUT2D eigenvalue weighted by molar-refractivity contribution is 7.90. The Balaban J connectivity index is 1.86. The molecule has 1 N–H and O–H groups in total. The Kier molecular flexibility index (Phi) is 4.92. The number of carbonyl (C=O) groups is 1. The SMILES string of the molecule is Cc1ccc(-c2nc(C)c(C(=O)NS(=O)(=O)C3CCCC3)s2)c(F)c1. The summed E-state index contributed by atoms with van der Waals surface area (Å²) in [6.07, 6.45) is 2.86. The van der Waals surface area contributed by atoms with Crippen molar-refractivity contribution >= 4 is 27.3 Å². The lowest BCUT2D eigenvalue weighted by atomic mass is 10.1. The zero-order valence-electron chi connectivity index (χ0n) is 14.0. The molecule has 0 atom stereocenters. The van der Waals surface area contributed by atoms with Gasteiger partial charge in [0.1, 0.15) is 15.7 Å². The maximum absolute atomic E-state index is 14.1. The number of sulfonamides is 1. The molecule has 0 saturated heterocycles. The van der Waals surface area contributed by atoms with Gasteiger partial charge in [0, 0.05) is 5.56 Å². The van der Waals surface area contributed by atoms with Crippen molar-refractivity contribution in [2.75, 3.05) is 0 Å². The van der Waals surface area contributed by atoms with Crippen LogP contribution in [0.1, 0.15) is 46.6 Å². The lowest BCUT2D eigenvalue weighted by Gasteiger charge is -2.11. The monoisotopic (exact) mass is 382 g/mol. The van der Waals surface area contributed by atoms with E-state index in [1.165, 1.54) is 6.07 Å². The number of nitrogens with one attached hydrogen (secondary N) is 1. The number of amides is 1. The molecule has 1 aromatic carbocycles. The van der Waals surface area contributed by atoms with Crippen LogP contribution in [0.15, 0.2) is 18.2 Å². The summed E-state index contributed by atoms with van der Waals surface area (Å²) in [6.45, 7) is 3.40. The maximum atomic E-state index is 14.1. The Bertz CT molecular complexity index is 916. The van der Waals surface area contributed by atoms with Gasteiger partial charge >= 0.3 is 0 Å². The van der Waals surface area contributed by atoms with Crippen LogP contribution in [0.3, 0.4) is 0 Å². The number of carbonyl (C=O) groups excluding carboxylic acids is 1. The molecule has 3 rings (SSSR count). The summed E-state index contributed by atoms with van der Waals surface area (Å²) in [5.41, 5.74) is 1.48. The highest BCUT2D eigenvalue weighted by Gasteiger charge is 2.31. The third-order valence-electron chi connectivity index (χ3n) is 4.33. The molecule has 1 aromatic heterocycles. The van der Waals surface area contributed by atoms with Crippen LogP contribution in [0.4, 0.5) is 4.39 Å². The first-order valence-electron chi connectivity index (χ1n) is 8.08. The van der Waals surface area contributed by atoms with Crippen molar-refractivity contribution in [3.05, 3.63) is 40.2 Å². The number of nitrogens with zero attached hydrogens (tertiary/aromatic N) is 1. The van der Waals surface area contributed by atoms with Crippen LogP contribution >= 0.6 is 11.3 Å². The van der Waals surface area contributed by atoms with E-state index < -0.39 is 27.0 Å². The van der Waals surface area contributed by atoms with E-state index >= 15 is 0 Å². The molecule has 1 aliphatic carbocycles. The van der Waals surface area contributed by atoms with Crippen LogP contribution in [0, 0.1) is 19.7 Å². The number of rotatable bonds is 4. The molecule has 0 aliphatic heterocycles. The number of benzene rings is 1. The van der Waals surface area contributed by atoms with Gasteiger partial charge in [0.15, 0.2) is 0 Å². The van der Waals surface area contributed by atoms with Crippen LogP contribution < -0.4 is 4.72 Å². The number of hydrogen-bond donors (Lipinski definition) is 1. The van der Waals surface area contributed by atoms with E-state index in [1.807, 2.05) is 0 Å². The van der Waals surface area contributed by atoms with Crippen molar-refractivity contribution in [1.82, 2.24) is 9.71 Å². The fourth-order valence-corrected chi connectivity index (χ4v) is 5.51. The average molecular weight is 382 g/mol. The smallest absolute Gasteiger partial charge is 0.267 e. The molecule has 1 fully saturated rings. The van der Waals surface area contributed by atoms with Crippen molar-refractivity contribution < 1.29 is 17.6 Å². The van der Waals surface area contributed by atoms with Crippen LogP contribution in [0.2, 0.25) is 0 Å². The lowest BCUT2D eigenvalue weighted by molar-refractivity contribution is 0.0984. The molecule has 0 radical (unpaired) electrons. The third kappa shape index (κ3) is 3.74. The number of halogens is 1. The molecule has 0 unspecified atom stereocenters. The van der Waals surface area contributed by atoms with Gasteiger partial charge in [-0.25, -0.2) is 22.5 Å². The zero-order chi connectivity index (χ0) is 18.2. The predicted octanol–water partition coefficient (Wildman–Crippen LogP) is 3.57. The first-order valence-corrected chi connectivity index (χ1v) is 10.4. The van der Waals surface area contributed by atoms with E-state index in [0.29, 0.717) is 29.1 Å². The van der Waals surface area contributed by atoms with Gasteiger partial charge in [-0.05, 0) is 44.4 Å². The first-order chi connectivity index (χ1) is 11.8. The second-order valence-corrected chi connectivity index (χ2v) is 9.26. The Labute approximate surface area is 150 Å². The molecule has 1 aliphatic rings. The molecule has 0 spiro atoms. The Hall–Kier alpha value is -1.80. The molecule has 25 heavy (non-hydrogen) atoms. The van der Waals surface area contributed by atoms with Crippen molar-refractivity contribution in [3.8, 4) is 10.6 Å². The van der Waals surface area contributed by atoms with Crippen LogP contribution in [-0.2, 0) is 10.0 Å². The largest absolute Gasteiger partial charge is 0.276 e. The second kappa shape index (κ2) is 6.84. The average Bonchev–Trinajstić information content (AvgIpc) is 3.16. The lowest BCUT2D eigenvalue weighted by Crippen LogP contribution is -2.37. The van der Waals surface area contributed by atoms with Crippen molar-refractivity contribution in [2.45, 2.75) is 44.8 Å². The van der Waals surface area contributed by atoms with E-state index in [-0.39, 0.29) is 4.88 Å². The fraction of sp³-hybridized carbons (Fsp3) is 0.412. The zero-order valence-corrected chi connectivity index (χ0v) is 15.6. The molecule has 2 aromatic rings. The Morgan fingerprint density at radius 3 is 2.60 bits per heavy atom. The minimum atomic E-state index is -3.69. The predicted molar refractivity (Wildman–Crippen MR) is 95.6 cm³/mol. The van der Waals surface area contributed by atoms with Crippen LogP contribution in [-0.4, -0.2) is 24.6 Å². The third-order valence-corrected chi connectivity index (χ3v) is 7.34. The molecule has 5 nitrogen and oxygen atoms in total. The molecule has 1 amide bonds. The van der Waals surface area contributed by atoms with E-state index in [1.54, 1.807) is 26.0 Å². The topological polar surface area (TPSA) is 76.1 Å². The summed E-state index contributed by atoms with van der Waals surface area (Å²) in [6, 6.07) is 4.77. The maximum Gasteiger partial charge on any atom is 0.276 e. The standard InChI is InChI=1S/C17H19FN2O3S2/c1-10-7-8-13(14(18)9-10)17-19-11(2)15(24-17)16(21)20-25(22,23)12-5-3-4-6-12/h7-9,12H,3-6H2,1-2H3,(H,20,21). The van der Waals surface area contributed by atoms with Crippen molar-refractivity contribution in [3.63, 3.8) is 0 Å². The Morgan fingerprint density at radius 1 is 1.28 bits per heavy atom. The van der Waals surface area contributed by atoms with E-state index in [2.05, 4.69) is 9.71 Å². The van der Waals surface area contributed by atoms with Crippen LogP contribution in [0.25, 0.3) is 10.6 Å². The summed E-state index contributed by atoms with van der Waals surface area (Å²) in [5.74, 6) is -1.11. The van der Waals surface area contributed by atoms with Gasteiger partial charge in [-0.3, -0.25) is 4.79 Å². The summed E-state index contributed by atoms with van der Waals surface area (Å²) in [7, 11) is -3.69. The fourth-order valence-electron chi connectivity index (χ4n) is 2.97. The van der Waals surface area contributed by atoms with Gasteiger partial charge < -0.3 is 0 Å². The number of aromatic nitrogens is 1. The van der Waals surface area contributed by atoms with E-state index in [0.717, 1.165) is 29.7 Å². The van der Waals surface area contributed by atoms with Crippen LogP contribution in [0.5, 0.6) is 0 Å². The van der Waals surface area contributed by atoms with Gasteiger partial charge in [-0.1, -0.05) is 18.9 Å². The molecule has 1 heterocycles. The highest BCUT2D eigenvalue weighted by atomic mass is 32.2. The van der Waals surface area contributed by atoms with Crippen molar-refractivity contribution in [1.29, 1.82) is 0 Å². The second-order valence-electron chi connectivity index (χ2n) is 6.30. The van der Waals surface area contributed by atoms with Gasteiger partial charge in [0.25, 0.3) is 5.91 Å². The quantitative estimate of drug-likeness (QED) is 0.877. The minimum absolute atomic E-state index is 0.191. The molecule has 134 valence electrons. The summed E-state index contributed by atoms with van der Waals surface area (Å²) in [4.78, 5) is 16.8. The normalized spacial score (nSPS) is 15.5. The summed E-state index contributed by atoms with van der Waals surface area (Å²) in [5, 5.41) is -0.155. The number of thiazole rings is 1. The Morgan fingerprint density at radius 2 is 1.96 bits per heavy atom. The molecule has 1 saturated carbocycles. The van der Waals surface area contributed by atoms with Gasteiger partial charge in [0.2, 0.25) is 10.0 Å². The van der Waals surface area contributed by atoms with Gasteiger partial charge in [-0.2, -0.15) is 0 Å². The number of hydrogen-bond acceptors (Lipinski definition) is 5. The highest BCUT2D eigenvalue weighted by Crippen LogP contribution is 2.31.